The maximum Gasteiger partial charge on any atom is 0.219 e. The average molecular weight is 171 g/mol. The van der Waals surface area contributed by atoms with E-state index < -0.39 is 0 Å². The summed E-state index contributed by atoms with van der Waals surface area (Å²) in [5, 5.41) is 0. The molecule has 0 spiro atoms. The molecule has 1 atom stereocenters. The summed E-state index contributed by atoms with van der Waals surface area (Å²) < 4.78 is 0. The van der Waals surface area contributed by atoms with Gasteiger partial charge in [0.05, 0.1) is 0 Å². The second kappa shape index (κ2) is 5.18. The molecule has 0 saturated heterocycles. The summed E-state index contributed by atoms with van der Waals surface area (Å²) in [6.07, 6.45) is 1.15. The number of hydrogen-bond donors (Lipinski definition) is 0. The van der Waals surface area contributed by atoms with Gasteiger partial charge in [0.15, 0.2) is 0 Å². The molecule has 72 valence electrons. The minimum Gasteiger partial charge on any atom is -0.346 e. The van der Waals surface area contributed by atoms with Crippen LogP contribution in [-0.2, 0) is 4.79 Å². The fraction of sp³-hybridized carbons (Fsp3) is 0.900. The van der Waals surface area contributed by atoms with Gasteiger partial charge in [0.25, 0.3) is 0 Å². The van der Waals surface area contributed by atoms with Gasteiger partial charge in [-0.15, -0.1) is 0 Å². The van der Waals surface area contributed by atoms with Crippen LogP contribution >= 0.6 is 0 Å². The molecule has 0 fully saturated rings. The molecule has 0 aromatic heterocycles. The number of rotatable bonds is 4. The van der Waals surface area contributed by atoms with Crippen LogP contribution in [0.4, 0.5) is 0 Å². The van der Waals surface area contributed by atoms with Crippen molar-refractivity contribution in [2.75, 3.05) is 13.6 Å². The number of carbonyl (C=O) groups excluding carboxylic acids is 1. The van der Waals surface area contributed by atoms with Crippen LogP contribution in [0.3, 0.4) is 0 Å². The van der Waals surface area contributed by atoms with Crippen LogP contribution in [0.15, 0.2) is 0 Å². The molecule has 0 aromatic rings. The Bertz CT molecular complexity index is 143. The molecule has 0 aliphatic carbocycles. The normalized spacial score (nSPS) is 13.2. The third kappa shape index (κ3) is 3.74. The summed E-state index contributed by atoms with van der Waals surface area (Å²) in [6, 6.07) is 0. The highest BCUT2D eigenvalue weighted by Crippen LogP contribution is 2.15. The topological polar surface area (TPSA) is 20.3 Å². The van der Waals surface area contributed by atoms with Crippen LogP contribution in [0.25, 0.3) is 0 Å². The van der Waals surface area contributed by atoms with Crippen LogP contribution in [0.1, 0.15) is 34.1 Å². The van der Waals surface area contributed by atoms with Gasteiger partial charge >= 0.3 is 0 Å². The molecule has 2 nitrogen and oxygen atoms in total. The van der Waals surface area contributed by atoms with E-state index in [1.807, 2.05) is 7.05 Å². The van der Waals surface area contributed by atoms with Crippen LogP contribution in [0.5, 0.6) is 0 Å². The highest BCUT2D eigenvalue weighted by molar-refractivity contribution is 5.72. The Balaban J connectivity index is 3.93. The highest BCUT2D eigenvalue weighted by Gasteiger charge is 2.14. The van der Waals surface area contributed by atoms with Gasteiger partial charge in [-0.05, 0) is 11.8 Å². The lowest BCUT2D eigenvalue weighted by Crippen LogP contribution is -2.31. The fourth-order valence-corrected chi connectivity index (χ4v) is 1.29. The van der Waals surface area contributed by atoms with Gasteiger partial charge in [-0.2, -0.15) is 0 Å². The van der Waals surface area contributed by atoms with Crippen molar-refractivity contribution in [1.82, 2.24) is 4.90 Å². The van der Waals surface area contributed by atoms with Crippen molar-refractivity contribution in [3.05, 3.63) is 0 Å². The minimum absolute atomic E-state index is 0.161. The molecule has 0 N–H and O–H groups in total. The van der Waals surface area contributed by atoms with E-state index in [1.165, 1.54) is 0 Å². The minimum atomic E-state index is 0.161. The molecule has 2 heteroatoms. The Hall–Kier alpha value is -0.530. The van der Waals surface area contributed by atoms with Crippen LogP contribution < -0.4 is 0 Å². The van der Waals surface area contributed by atoms with Crippen molar-refractivity contribution in [1.29, 1.82) is 0 Å². The lowest BCUT2D eigenvalue weighted by Gasteiger charge is -2.24. The van der Waals surface area contributed by atoms with Gasteiger partial charge < -0.3 is 4.90 Å². The van der Waals surface area contributed by atoms with Crippen molar-refractivity contribution < 1.29 is 4.79 Å². The Morgan fingerprint density at radius 2 is 1.92 bits per heavy atom. The lowest BCUT2D eigenvalue weighted by molar-refractivity contribution is -0.128. The summed E-state index contributed by atoms with van der Waals surface area (Å²) in [5.74, 6) is 1.46. The van der Waals surface area contributed by atoms with E-state index in [0.29, 0.717) is 11.8 Å². The molecule has 12 heavy (non-hydrogen) atoms. The molecule has 0 radical (unpaired) electrons. The predicted octanol–water partition coefficient (Wildman–Crippen LogP) is 2.15. The zero-order valence-electron chi connectivity index (χ0n) is 8.92. The third-order valence-corrected chi connectivity index (χ3v) is 2.51. The van der Waals surface area contributed by atoms with E-state index >= 15 is 0 Å². The molecule has 0 rings (SSSR count). The van der Waals surface area contributed by atoms with E-state index in [9.17, 15) is 4.79 Å². The maximum atomic E-state index is 10.9. The molecule has 0 aromatic carbocycles. The Labute approximate surface area is 75.9 Å². The first-order valence-corrected chi connectivity index (χ1v) is 4.70. The van der Waals surface area contributed by atoms with E-state index in [1.54, 1.807) is 11.8 Å². The van der Waals surface area contributed by atoms with E-state index in [2.05, 4.69) is 20.8 Å². The first-order chi connectivity index (χ1) is 5.49. The summed E-state index contributed by atoms with van der Waals surface area (Å²) in [6.45, 7) is 9.11. The number of amides is 1. The summed E-state index contributed by atoms with van der Waals surface area (Å²) >= 11 is 0. The predicted molar refractivity (Wildman–Crippen MR) is 51.9 cm³/mol. The first kappa shape index (κ1) is 11.5. The van der Waals surface area contributed by atoms with Crippen LogP contribution in [0.2, 0.25) is 0 Å². The second-order valence-corrected chi connectivity index (χ2v) is 3.81. The number of hydrogen-bond acceptors (Lipinski definition) is 1. The van der Waals surface area contributed by atoms with Crippen molar-refractivity contribution in [3.8, 4) is 0 Å². The molecule has 1 unspecified atom stereocenters. The van der Waals surface area contributed by atoms with Crippen molar-refractivity contribution >= 4 is 5.91 Å². The average Bonchev–Trinajstić information content (AvgIpc) is 1.98. The van der Waals surface area contributed by atoms with E-state index in [4.69, 9.17) is 0 Å². The Morgan fingerprint density at radius 1 is 1.42 bits per heavy atom. The molecule has 0 saturated carbocycles. The molecule has 0 heterocycles. The number of carbonyl (C=O) groups is 1. The van der Waals surface area contributed by atoms with E-state index in [0.717, 1.165) is 13.0 Å². The molecule has 1 amide bonds. The van der Waals surface area contributed by atoms with Crippen molar-refractivity contribution in [2.45, 2.75) is 34.1 Å². The van der Waals surface area contributed by atoms with Gasteiger partial charge in [0, 0.05) is 20.5 Å². The molecular formula is C10H21NO. The van der Waals surface area contributed by atoms with Crippen LogP contribution in [-0.4, -0.2) is 24.4 Å². The van der Waals surface area contributed by atoms with Crippen molar-refractivity contribution in [2.24, 2.45) is 11.8 Å². The maximum absolute atomic E-state index is 10.9. The highest BCUT2D eigenvalue weighted by atomic mass is 16.2. The molecule has 0 bridgehead atoms. The van der Waals surface area contributed by atoms with Gasteiger partial charge in [0.2, 0.25) is 5.91 Å². The number of nitrogens with zero attached hydrogens (tertiary/aromatic N) is 1. The van der Waals surface area contributed by atoms with Crippen LogP contribution in [0, 0.1) is 11.8 Å². The Kier molecular flexibility index (Phi) is 4.95. The standard InChI is InChI=1S/C10H21NO/c1-6-10(8(2)3)7-11(5)9(4)12/h8,10H,6-7H2,1-5H3. The van der Waals surface area contributed by atoms with E-state index in [-0.39, 0.29) is 5.91 Å². The zero-order chi connectivity index (χ0) is 9.72. The quantitative estimate of drug-likeness (QED) is 0.634. The zero-order valence-corrected chi connectivity index (χ0v) is 8.92. The second-order valence-electron chi connectivity index (χ2n) is 3.81. The molecular weight excluding hydrogens is 150 g/mol. The van der Waals surface area contributed by atoms with Crippen molar-refractivity contribution in [3.63, 3.8) is 0 Å². The Morgan fingerprint density at radius 3 is 2.17 bits per heavy atom. The van der Waals surface area contributed by atoms with Gasteiger partial charge in [-0.25, -0.2) is 0 Å². The molecule has 0 aliphatic heterocycles. The van der Waals surface area contributed by atoms with Gasteiger partial charge in [0.1, 0.15) is 0 Å². The fourth-order valence-electron chi connectivity index (χ4n) is 1.29. The summed E-state index contributed by atoms with van der Waals surface area (Å²) in [7, 11) is 1.87. The summed E-state index contributed by atoms with van der Waals surface area (Å²) in [5.41, 5.74) is 0. The summed E-state index contributed by atoms with van der Waals surface area (Å²) in [4.78, 5) is 12.7. The monoisotopic (exact) mass is 171 g/mol. The smallest absolute Gasteiger partial charge is 0.219 e. The van der Waals surface area contributed by atoms with Gasteiger partial charge in [-0.1, -0.05) is 27.2 Å². The largest absolute Gasteiger partial charge is 0.346 e. The SMILES string of the molecule is CCC(CN(C)C(C)=O)C(C)C. The molecule has 0 aliphatic rings. The lowest BCUT2D eigenvalue weighted by atomic mass is 9.93. The third-order valence-electron chi connectivity index (χ3n) is 2.51. The van der Waals surface area contributed by atoms with Gasteiger partial charge in [-0.3, -0.25) is 4.79 Å². The first-order valence-electron chi connectivity index (χ1n) is 4.70.